The fraction of sp³-hybridized carbons (Fsp3) is 0.538. The van der Waals surface area contributed by atoms with Crippen molar-refractivity contribution in [1.82, 2.24) is 5.32 Å². The van der Waals surface area contributed by atoms with Gasteiger partial charge in [0, 0.05) is 9.61 Å². The summed E-state index contributed by atoms with van der Waals surface area (Å²) in [4.78, 5) is 0. The molecule has 1 unspecified atom stereocenters. The zero-order chi connectivity index (χ0) is 10.7. The van der Waals surface area contributed by atoms with E-state index < -0.39 is 0 Å². The predicted octanol–water partition coefficient (Wildman–Crippen LogP) is 3.74. The summed E-state index contributed by atoms with van der Waals surface area (Å²) in [7, 11) is 0. The van der Waals surface area contributed by atoms with Crippen LogP contribution in [0.2, 0.25) is 0 Å². The predicted molar refractivity (Wildman–Crippen MR) is 72.9 cm³/mol. The molecule has 1 nitrogen and oxygen atoms in total. The highest BCUT2D eigenvalue weighted by Crippen LogP contribution is 2.37. The molecular formula is C13H18IN. The smallest absolute Gasteiger partial charge is 0.0348 e. The molecule has 0 radical (unpaired) electrons. The Hall–Kier alpha value is -0.0900. The molecule has 15 heavy (non-hydrogen) atoms. The summed E-state index contributed by atoms with van der Waals surface area (Å²) in [5, 5.41) is 3.62. The Labute approximate surface area is 106 Å². The van der Waals surface area contributed by atoms with E-state index >= 15 is 0 Å². The number of hydrogen-bond acceptors (Lipinski definition) is 1. The lowest BCUT2D eigenvalue weighted by Crippen LogP contribution is -2.32. The fourth-order valence-corrected chi connectivity index (χ4v) is 2.82. The fourth-order valence-electron chi connectivity index (χ4n) is 2.25. The van der Waals surface area contributed by atoms with Crippen molar-refractivity contribution in [2.75, 3.05) is 6.54 Å². The minimum atomic E-state index is 0.582. The summed E-state index contributed by atoms with van der Waals surface area (Å²) in [6, 6.07) is 9.48. The van der Waals surface area contributed by atoms with Gasteiger partial charge in [-0.3, -0.25) is 0 Å². The third-order valence-electron chi connectivity index (χ3n) is 3.25. The number of rotatable bonds is 4. The van der Waals surface area contributed by atoms with Gasteiger partial charge in [-0.2, -0.15) is 0 Å². The van der Waals surface area contributed by atoms with Crippen LogP contribution in [0.15, 0.2) is 24.3 Å². The maximum absolute atomic E-state index is 3.62. The molecule has 0 bridgehead atoms. The number of halogens is 1. The molecule has 82 valence electrons. The first-order valence-corrected chi connectivity index (χ1v) is 6.88. The van der Waals surface area contributed by atoms with E-state index in [0.717, 1.165) is 12.5 Å². The van der Waals surface area contributed by atoms with Gasteiger partial charge in [0.05, 0.1) is 0 Å². The summed E-state index contributed by atoms with van der Waals surface area (Å²) in [6.45, 7) is 3.26. The Bertz CT molecular complexity index is 320. The van der Waals surface area contributed by atoms with Crippen molar-refractivity contribution in [2.24, 2.45) is 5.92 Å². The highest BCUT2D eigenvalue weighted by Gasteiger charge is 2.27. The Kier molecular flexibility index (Phi) is 4.03. The molecular weight excluding hydrogens is 297 g/mol. The zero-order valence-corrected chi connectivity index (χ0v) is 11.3. The van der Waals surface area contributed by atoms with E-state index in [1.165, 1.54) is 28.4 Å². The van der Waals surface area contributed by atoms with Gasteiger partial charge in [0.1, 0.15) is 0 Å². The molecule has 0 aliphatic heterocycles. The number of nitrogens with one attached hydrogen (secondary N) is 1. The average Bonchev–Trinajstić information content (AvgIpc) is 2.14. The standard InChI is InChI=1S/C13H18IN/c1-2-15-13(10-5-3-6-10)11-7-4-8-12(14)9-11/h4,7-10,13,15H,2-3,5-6H2,1H3. The first kappa shape index (κ1) is 11.4. The van der Waals surface area contributed by atoms with Crippen molar-refractivity contribution < 1.29 is 0 Å². The number of benzene rings is 1. The maximum atomic E-state index is 3.62. The third-order valence-corrected chi connectivity index (χ3v) is 3.92. The van der Waals surface area contributed by atoms with Crippen LogP contribution in [0.3, 0.4) is 0 Å². The van der Waals surface area contributed by atoms with Gasteiger partial charge in [0.25, 0.3) is 0 Å². The van der Waals surface area contributed by atoms with Crippen molar-refractivity contribution in [2.45, 2.75) is 32.2 Å². The second-order valence-corrected chi connectivity index (χ2v) is 5.53. The summed E-state index contributed by atoms with van der Waals surface area (Å²) >= 11 is 2.39. The van der Waals surface area contributed by atoms with E-state index in [4.69, 9.17) is 0 Å². The van der Waals surface area contributed by atoms with Gasteiger partial charge in [-0.1, -0.05) is 25.5 Å². The van der Waals surface area contributed by atoms with Crippen LogP contribution in [0, 0.1) is 9.49 Å². The van der Waals surface area contributed by atoms with Gasteiger partial charge < -0.3 is 5.32 Å². The zero-order valence-electron chi connectivity index (χ0n) is 9.17. The largest absolute Gasteiger partial charge is 0.310 e. The lowest BCUT2D eigenvalue weighted by atomic mass is 9.77. The van der Waals surface area contributed by atoms with Crippen LogP contribution >= 0.6 is 22.6 Å². The van der Waals surface area contributed by atoms with E-state index in [9.17, 15) is 0 Å². The normalized spacial score (nSPS) is 18.5. The van der Waals surface area contributed by atoms with E-state index in [0.29, 0.717) is 6.04 Å². The van der Waals surface area contributed by atoms with Gasteiger partial charge in [-0.05, 0) is 65.6 Å². The lowest BCUT2D eigenvalue weighted by Gasteiger charge is -2.34. The second kappa shape index (κ2) is 5.30. The molecule has 1 aromatic carbocycles. The first-order chi connectivity index (χ1) is 7.31. The van der Waals surface area contributed by atoms with Gasteiger partial charge in [-0.15, -0.1) is 0 Å². The summed E-state index contributed by atoms with van der Waals surface area (Å²) in [5.41, 5.74) is 1.47. The van der Waals surface area contributed by atoms with Crippen molar-refractivity contribution in [3.8, 4) is 0 Å². The van der Waals surface area contributed by atoms with Crippen LogP contribution in [-0.4, -0.2) is 6.54 Å². The molecule has 2 heteroatoms. The number of hydrogen-bond donors (Lipinski definition) is 1. The molecule has 1 aromatic rings. The van der Waals surface area contributed by atoms with E-state index in [1.54, 1.807) is 0 Å². The molecule has 1 saturated carbocycles. The third kappa shape index (κ3) is 2.72. The Morgan fingerprint density at radius 3 is 2.80 bits per heavy atom. The molecule has 0 aromatic heterocycles. The highest BCUT2D eigenvalue weighted by molar-refractivity contribution is 14.1. The molecule has 1 aliphatic rings. The first-order valence-electron chi connectivity index (χ1n) is 5.80. The van der Waals surface area contributed by atoms with Crippen LogP contribution in [0.25, 0.3) is 0 Å². The van der Waals surface area contributed by atoms with Gasteiger partial charge in [-0.25, -0.2) is 0 Å². The molecule has 1 atom stereocenters. The minimum Gasteiger partial charge on any atom is -0.310 e. The van der Waals surface area contributed by atoms with Crippen molar-refractivity contribution in [1.29, 1.82) is 0 Å². The SMILES string of the molecule is CCNC(c1cccc(I)c1)C1CCC1. The maximum Gasteiger partial charge on any atom is 0.0348 e. The van der Waals surface area contributed by atoms with Crippen LogP contribution < -0.4 is 5.32 Å². The molecule has 2 rings (SSSR count). The Morgan fingerprint density at radius 1 is 1.47 bits per heavy atom. The molecule has 1 aliphatic carbocycles. The van der Waals surface area contributed by atoms with E-state index in [-0.39, 0.29) is 0 Å². The van der Waals surface area contributed by atoms with Crippen LogP contribution in [0.5, 0.6) is 0 Å². The van der Waals surface area contributed by atoms with E-state index in [1.807, 2.05) is 0 Å². The Balaban J connectivity index is 2.15. The van der Waals surface area contributed by atoms with Crippen molar-refractivity contribution in [3.05, 3.63) is 33.4 Å². The lowest BCUT2D eigenvalue weighted by molar-refractivity contribution is 0.233. The van der Waals surface area contributed by atoms with Crippen LogP contribution in [0.1, 0.15) is 37.8 Å². The topological polar surface area (TPSA) is 12.0 Å². The molecule has 1 fully saturated rings. The summed E-state index contributed by atoms with van der Waals surface area (Å²) in [6.07, 6.45) is 4.20. The Morgan fingerprint density at radius 2 is 2.27 bits per heavy atom. The average molecular weight is 315 g/mol. The molecule has 0 saturated heterocycles. The highest BCUT2D eigenvalue weighted by atomic mass is 127. The molecule has 0 amide bonds. The van der Waals surface area contributed by atoms with Crippen molar-refractivity contribution in [3.63, 3.8) is 0 Å². The van der Waals surface area contributed by atoms with E-state index in [2.05, 4.69) is 59.1 Å². The summed E-state index contributed by atoms with van der Waals surface area (Å²) < 4.78 is 1.34. The van der Waals surface area contributed by atoms with Crippen molar-refractivity contribution >= 4 is 22.6 Å². The van der Waals surface area contributed by atoms with Gasteiger partial charge >= 0.3 is 0 Å². The molecule has 1 N–H and O–H groups in total. The summed E-state index contributed by atoms with van der Waals surface area (Å²) in [5.74, 6) is 0.864. The van der Waals surface area contributed by atoms with Gasteiger partial charge in [0.15, 0.2) is 0 Å². The second-order valence-electron chi connectivity index (χ2n) is 4.28. The van der Waals surface area contributed by atoms with Gasteiger partial charge in [0.2, 0.25) is 0 Å². The quantitative estimate of drug-likeness (QED) is 0.835. The van der Waals surface area contributed by atoms with Crippen LogP contribution in [0.4, 0.5) is 0 Å². The molecule has 0 spiro atoms. The molecule has 0 heterocycles. The monoisotopic (exact) mass is 315 g/mol. The minimum absolute atomic E-state index is 0.582. The van der Waals surface area contributed by atoms with Crippen LogP contribution in [-0.2, 0) is 0 Å².